The Balaban J connectivity index is 2.18. The van der Waals surface area contributed by atoms with Gasteiger partial charge in [-0.1, -0.05) is 0 Å². The zero-order chi connectivity index (χ0) is 14.4. The van der Waals surface area contributed by atoms with Crippen molar-refractivity contribution in [3.05, 3.63) is 65.9 Å². The Morgan fingerprint density at radius 3 is 2.52 bits per heavy atom. The van der Waals surface area contributed by atoms with Crippen LogP contribution in [-0.2, 0) is 0 Å². The van der Waals surface area contributed by atoms with Crippen LogP contribution in [0.25, 0.3) is 30.6 Å². The van der Waals surface area contributed by atoms with Gasteiger partial charge in [-0.15, -0.1) is 0 Å². The molecule has 1 nitrogen and oxygen atoms in total. The summed E-state index contributed by atoms with van der Waals surface area (Å²) in [5.74, 6) is 0. The van der Waals surface area contributed by atoms with Gasteiger partial charge in [0, 0.05) is 0 Å². The number of benzene rings is 2. The molecular weight excluding hydrogens is 321 g/mol. The molecule has 4 aromatic rings. The summed E-state index contributed by atoms with van der Waals surface area (Å²) in [6, 6.07) is 17.4. The fourth-order valence-electron chi connectivity index (χ4n) is 2.96. The molecule has 0 N–H and O–H groups in total. The van der Waals surface area contributed by atoms with Gasteiger partial charge in [0.25, 0.3) is 0 Å². The van der Waals surface area contributed by atoms with Crippen molar-refractivity contribution in [2.75, 3.05) is 0 Å². The molecule has 0 radical (unpaired) electrons. The standard InChI is InChI=1S/C19H15NSe/c1-12-6-3-4-7-14(12)17-13(2)9-10-15-16-8-5-11-20-19(16)21-18(15)17/h3-11H,1-2H3. The first-order chi connectivity index (χ1) is 10.3. The van der Waals surface area contributed by atoms with Crippen LogP contribution in [0.15, 0.2) is 54.7 Å². The van der Waals surface area contributed by atoms with Gasteiger partial charge in [-0.25, -0.2) is 0 Å². The van der Waals surface area contributed by atoms with Crippen LogP contribution < -0.4 is 0 Å². The van der Waals surface area contributed by atoms with Gasteiger partial charge >= 0.3 is 130 Å². The normalized spacial score (nSPS) is 11.3. The summed E-state index contributed by atoms with van der Waals surface area (Å²) in [7, 11) is 0. The molecule has 0 aliphatic carbocycles. The molecule has 0 fully saturated rings. The fourth-order valence-corrected chi connectivity index (χ4v) is 5.60. The topological polar surface area (TPSA) is 12.9 Å². The Kier molecular flexibility index (Phi) is 2.95. The Labute approximate surface area is 130 Å². The Morgan fingerprint density at radius 1 is 0.810 bits per heavy atom. The van der Waals surface area contributed by atoms with E-state index >= 15 is 0 Å². The summed E-state index contributed by atoms with van der Waals surface area (Å²) in [4.78, 5) is 4.59. The van der Waals surface area contributed by atoms with Crippen molar-refractivity contribution in [2.24, 2.45) is 0 Å². The molecule has 0 aliphatic rings. The Morgan fingerprint density at radius 2 is 1.67 bits per heavy atom. The molecule has 0 spiro atoms. The van der Waals surface area contributed by atoms with Crippen molar-refractivity contribution < 1.29 is 0 Å². The molecule has 0 saturated carbocycles. The zero-order valence-electron chi connectivity index (χ0n) is 12.1. The van der Waals surface area contributed by atoms with Crippen LogP contribution in [0.5, 0.6) is 0 Å². The van der Waals surface area contributed by atoms with Crippen molar-refractivity contribution in [3.63, 3.8) is 0 Å². The SMILES string of the molecule is Cc1ccccc1-c1c(C)ccc2c1[se]c1ncccc12. The summed E-state index contributed by atoms with van der Waals surface area (Å²) in [6.07, 6.45) is 1.91. The Bertz CT molecular complexity index is 966. The number of hydrogen-bond donors (Lipinski definition) is 0. The number of aromatic nitrogens is 1. The van der Waals surface area contributed by atoms with Crippen LogP contribution in [0.4, 0.5) is 0 Å². The van der Waals surface area contributed by atoms with Gasteiger partial charge in [0.2, 0.25) is 0 Å². The van der Waals surface area contributed by atoms with Gasteiger partial charge in [0.05, 0.1) is 0 Å². The predicted molar refractivity (Wildman–Crippen MR) is 91.1 cm³/mol. The van der Waals surface area contributed by atoms with E-state index in [0.717, 1.165) is 0 Å². The molecule has 2 heteroatoms. The van der Waals surface area contributed by atoms with Crippen LogP contribution in [0.3, 0.4) is 0 Å². The van der Waals surface area contributed by atoms with Gasteiger partial charge in [-0.3, -0.25) is 0 Å². The van der Waals surface area contributed by atoms with E-state index in [1.807, 2.05) is 12.3 Å². The van der Waals surface area contributed by atoms with Crippen molar-refractivity contribution in [1.29, 1.82) is 0 Å². The van der Waals surface area contributed by atoms with E-state index in [2.05, 4.69) is 61.3 Å². The molecule has 2 aromatic carbocycles. The average Bonchev–Trinajstić information content (AvgIpc) is 2.87. The molecule has 2 heterocycles. The molecule has 21 heavy (non-hydrogen) atoms. The maximum absolute atomic E-state index is 4.59. The number of rotatable bonds is 1. The molecule has 0 atom stereocenters. The van der Waals surface area contributed by atoms with E-state index in [-0.39, 0.29) is 0 Å². The van der Waals surface area contributed by atoms with Gasteiger partial charge in [-0.2, -0.15) is 0 Å². The molecule has 2 aromatic heterocycles. The maximum atomic E-state index is 4.59. The quantitative estimate of drug-likeness (QED) is 0.458. The molecule has 0 bridgehead atoms. The number of nitrogens with zero attached hydrogens (tertiary/aromatic N) is 1. The molecule has 4 rings (SSSR count). The molecule has 102 valence electrons. The second-order valence-electron chi connectivity index (χ2n) is 5.41. The molecule has 0 amide bonds. The van der Waals surface area contributed by atoms with E-state index in [1.165, 1.54) is 41.7 Å². The Hall–Kier alpha value is -1.89. The van der Waals surface area contributed by atoms with E-state index < -0.39 is 0 Å². The van der Waals surface area contributed by atoms with Gasteiger partial charge in [0.1, 0.15) is 0 Å². The minimum atomic E-state index is 0.301. The summed E-state index contributed by atoms with van der Waals surface area (Å²) in [5, 5.41) is 2.70. The van der Waals surface area contributed by atoms with Gasteiger partial charge in [0.15, 0.2) is 0 Å². The van der Waals surface area contributed by atoms with Crippen LogP contribution >= 0.6 is 0 Å². The number of fused-ring (bicyclic) bond motifs is 3. The second-order valence-corrected chi connectivity index (χ2v) is 7.50. The van der Waals surface area contributed by atoms with E-state index in [9.17, 15) is 0 Å². The summed E-state index contributed by atoms with van der Waals surface area (Å²) in [5.41, 5.74) is 5.48. The summed E-state index contributed by atoms with van der Waals surface area (Å²) < 4.78 is 2.76. The summed E-state index contributed by atoms with van der Waals surface area (Å²) >= 11 is 0.301. The van der Waals surface area contributed by atoms with E-state index in [1.54, 1.807) is 0 Å². The zero-order valence-corrected chi connectivity index (χ0v) is 13.8. The molecule has 0 unspecified atom stereocenters. The third kappa shape index (κ3) is 1.95. The second kappa shape index (κ2) is 4.84. The first-order valence-electron chi connectivity index (χ1n) is 7.08. The van der Waals surface area contributed by atoms with E-state index in [4.69, 9.17) is 0 Å². The van der Waals surface area contributed by atoms with Crippen molar-refractivity contribution >= 4 is 33.9 Å². The van der Waals surface area contributed by atoms with Crippen LogP contribution in [0.2, 0.25) is 0 Å². The van der Waals surface area contributed by atoms with Crippen molar-refractivity contribution in [3.8, 4) is 11.1 Å². The number of aryl methyl sites for hydroxylation is 2. The third-order valence-electron chi connectivity index (χ3n) is 4.04. The predicted octanol–water partition coefficient (Wildman–Crippen LogP) is 4.73. The molecule has 0 saturated heterocycles. The average molecular weight is 336 g/mol. The van der Waals surface area contributed by atoms with Crippen LogP contribution in [-0.4, -0.2) is 19.5 Å². The van der Waals surface area contributed by atoms with Crippen molar-refractivity contribution in [2.45, 2.75) is 13.8 Å². The molecular formula is C19H15NSe. The van der Waals surface area contributed by atoms with Gasteiger partial charge in [-0.05, 0) is 0 Å². The van der Waals surface area contributed by atoms with Gasteiger partial charge < -0.3 is 0 Å². The van der Waals surface area contributed by atoms with Crippen LogP contribution in [0, 0.1) is 13.8 Å². The number of pyridine rings is 1. The first-order valence-corrected chi connectivity index (χ1v) is 8.80. The third-order valence-corrected chi connectivity index (χ3v) is 6.45. The van der Waals surface area contributed by atoms with E-state index in [0.29, 0.717) is 14.5 Å². The first kappa shape index (κ1) is 12.8. The van der Waals surface area contributed by atoms with Crippen molar-refractivity contribution in [1.82, 2.24) is 4.98 Å². The monoisotopic (exact) mass is 337 g/mol. The summed E-state index contributed by atoms with van der Waals surface area (Å²) in [6.45, 7) is 4.41. The minimum absolute atomic E-state index is 0.301. The molecule has 0 aliphatic heterocycles. The fraction of sp³-hybridized carbons (Fsp3) is 0.105. The number of hydrogen-bond acceptors (Lipinski definition) is 1. The van der Waals surface area contributed by atoms with Crippen LogP contribution in [0.1, 0.15) is 11.1 Å².